The van der Waals surface area contributed by atoms with Gasteiger partial charge in [0.05, 0.1) is 0 Å². The largest absolute Gasteiger partial charge is 0.488 e. The van der Waals surface area contributed by atoms with E-state index in [0.717, 1.165) is 37.9 Å². The smallest absolute Gasteiger partial charge is 0.348 e. The van der Waals surface area contributed by atoms with Crippen LogP contribution in [0.5, 0.6) is 5.75 Å². The third-order valence-electron chi connectivity index (χ3n) is 5.80. The first kappa shape index (κ1) is 17.7. The molecule has 0 aliphatic rings. The Labute approximate surface area is 178 Å². The van der Waals surface area contributed by atoms with Crippen molar-refractivity contribution in [3.63, 3.8) is 0 Å². The molecule has 0 bridgehead atoms. The maximum Gasteiger partial charge on any atom is 0.348 e. The van der Waals surface area contributed by atoms with Crippen molar-refractivity contribution in [2.75, 3.05) is 0 Å². The van der Waals surface area contributed by atoms with E-state index in [-0.39, 0.29) is 5.63 Å². The Morgan fingerprint density at radius 2 is 1.32 bits per heavy atom. The van der Waals surface area contributed by atoms with Crippen LogP contribution in [0.4, 0.5) is 0 Å². The van der Waals surface area contributed by atoms with Gasteiger partial charge in [0, 0.05) is 10.8 Å². The van der Waals surface area contributed by atoms with Gasteiger partial charge in [-0.3, -0.25) is 0 Å². The average molecular weight is 402 g/mol. The summed E-state index contributed by atoms with van der Waals surface area (Å²) in [6.45, 7) is 0.376. The van der Waals surface area contributed by atoms with Gasteiger partial charge in [-0.1, -0.05) is 84.9 Å². The second-order valence-electron chi connectivity index (χ2n) is 7.67. The molecule has 6 rings (SSSR count). The summed E-state index contributed by atoms with van der Waals surface area (Å²) < 4.78 is 12.0. The monoisotopic (exact) mass is 402 g/mol. The molecule has 0 atom stereocenters. The summed E-state index contributed by atoms with van der Waals surface area (Å²) in [5.41, 5.74) is 1.24. The quantitative estimate of drug-likeness (QED) is 0.240. The van der Waals surface area contributed by atoms with Gasteiger partial charge in [0.25, 0.3) is 0 Å². The predicted molar refractivity (Wildman–Crippen MR) is 126 cm³/mol. The molecular weight excluding hydrogens is 384 g/mol. The van der Waals surface area contributed by atoms with Crippen LogP contribution in [-0.2, 0) is 6.61 Å². The summed E-state index contributed by atoms with van der Waals surface area (Å²) in [5, 5.41) is 6.50. The van der Waals surface area contributed by atoms with Gasteiger partial charge in [0.15, 0.2) is 0 Å². The Bertz CT molecular complexity index is 1650. The first-order valence-electron chi connectivity index (χ1n) is 10.3. The second kappa shape index (κ2) is 6.99. The lowest BCUT2D eigenvalue weighted by Gasteiger charge is -2.14. The second-order valence-corrected chi connectivity index (χ2v) is 7.67. The molecule has 0 N–H and O–H groups in total. The van der Waals surface area contributed by atoms with Gasteiger partial charge in [-0.2, -0.15) is 0 Å². The van der Waals surface area contributed by atoms with Crippen molar-refractivity contribution in [2.24, 2.45) is 0 Å². The van der Waals surface area contributed by atoms with Crippen LogP contribution in [0.2, 0.25) is 0 Å². The molecule has 31 heavy (non-hydrogen) atoms. The molecule has 0 aliphatic heterocycles. The SMILES string of the molecule is O=c1oc2ccc3ccccc3c2c2c1c(OCc1ccccc1)cc1ccccc12. The number of ether oxygens (including phenoxy) is 1. The highest BCUT2D eigenvalue weighted by Gasteiger charge is 2.18. The van der Waals surface area contributed by atoms with Gasteiger partial charge in [0.1, 0.15) is 23.3 Å². The Morgan fingerprint density at radius 3 is 2.13 bits per heavy atom. The molecule has 3 nitrogen and oxygen atoms in total. The van der Waals surface area contributed by atoms with E-state index in [9.17, 15) is 4.79 Å². The topological polar surface area (TPSA) is 39.4 Å². The van der Waals surface area contributed by atoms with Crippen LogP contribution in [0.25, 0.3) is 43.3 Å². The van der Waals surface area contributed by atoms with Crippen molar-refractivity contribution in [3.05, 3.63) is 113 Å². The number of rotatable bonds is 3. The van der Waals surface area contributed by atoms with E-state index >= 15 is 0 Å². The lowest BCUT2D eigenvalue weighted by Crippen LogP contribution is -2.05. The molecule has 3 heteroatoms. The average Bonchev–Trinajstić information content (AvgIpc) is 2.82. The highest BCUT2D eigenvalue weighted by Crippen LogP contribution is 2.39. The fraction of sp³-hybridized carbons (Fsp3) is 0.0357. The Kier molecular flexibility index (Phi) is 4.00. The van der Waals surface area contributed by atoms with E-state index in [1.54, 1.807) is 0 Å². The van der Waals surface area contributed by atoms with Crippen molar-refractivity contribution in [1.82, 2.24) is 0 Å². The molecule has 0 unspecified atom stereocenters. The molecule has 0 saturated heterocycles. The van der Waals surface area contributed by atoms with E-state index in [1.165, 1.54) is 0 Å². The maximum atomic E-state index is 13.2. The molecule has 0 aliphatic carbocycles. The molecule has 0 fully saturated rings. The van der Waals surface area contributed by atoms with Gasteiger partial charge >= 0.3 is 5.63 Å². The summed E-state index contributed by atoms with van der Waals surface area (Å²) in [4.78, 5) is 13.2. The van der Waals surface area contributed by atoms with Crippen LogP contribution in [0, 0.1) is 0 Å². The Morgan fingerprint density at radius 1 is 0.645 bits per heavy atom. The number of fused-ring (bicyclic) bond motifs is 7. The molecule has 1 heterocycles. The minimum atomic E-state index is -0.383. The minimum absolute atomic E-state index is 0.376. The maximum absolute atomic E-state index is 13.2. The van der Waals surface area contributed by atoms with Crippen LogP contribution in [0.15, 0.2) is 106 Å². The fourth-order valence-electron chi connectivity index (χ4n) is 4.38. The summed E-state index contributed by atoms with van der Waals surface area (Å²) in [6.07, 6.45) is 0. The van der Waals surface area contributed by atoms with Gasteiger partial charge in [-0.05, 0) is 39.2 Å². The normalized spacial score (nSPS) is 11.5. The van der Waals surface area contributed by atoms with Gasteiger partial charge in [-0.15, -0.1) is 0 Å². The molecule has 5 aromatic carbocycles. The molecular formula is C28H18O3. The highest BCUT2D eigenvalue weighted by atomic mass is 16.5. The summed E-state index contributed by atoms with van der Waals surface area (Å²) >= 11 is 0. The zero-order valence-electron chi connectivity index (χ0n) is 16.7. The molecule has 0 spiro atoms. The summed E-state index contributed by atoms with van der Waals surface area (Å²) in [7, 11) is 0. The van der Waals surface area contributed by atoms with Crippen LogP contribution in [0.3, 0.4) is 0 Å². The third kappa shape index (κ3) is 2.86. The van der Waals surface area contributed by atoms with Crippen molar-refractivity contribution >= 4 is 43.3 Å². The Hall–Kier alpha value is -4.11. The Balaban J connectivity index is 1.74. The zero-order valence-corrected chi connectivity index (χ0v) is 16.7. The highest BCUT2D eigenvalue weighted by molar-refractivity contribution is 6.27. The molecule has 0 saturated carbocycles. The van der Waals surface area contributed by atoms with Crippen molar-refractivity contribution in [2.45, 2.75) is 6.61 Å². The first-order chi connectivity index (χ1) is 15.3. The van der Waals surface area contributed by atoms with E-state index < -0.39 is 0 Å². The lowest BCUT2D eigenvalue weighted by molar-refractivity contribution is 0.309. The first-order valence-corrected chi connectivity index (χ1v) is 10.3. The summed E-state index contributed by atoms with van der Waals surface area (Å²) in [6, 6.07) is 32.0. The zero-order chi connectivity index (χ0) is 20.8. The van der Waals surface area contributed by atoms with Gasteiger partial charge in [0.2, 0.25) is 0 Å². The predicted octanol–water partition coefficient (Wildman–Crippen LogP) is 6.83. The van der Waals surface area contributed by atoms with E-state index in [1.807, 2.05) is 72.8 Å². The van der Waals surface area contributed by atoms with Gasteiger partial charge in [-0.25, -0.2) is 4.79 Å². The standard InChI is InChI=1S/C28H18O3/c29-28-27-24(30-17-18-8-2-1-3-9-18)16-20-11-5-7-13-22(20)26(27)25-21-12-6-4-10-19(21)14-15-23(25)31-28/h1-16H,17H2. The van der Waals surface area contributed by atoms with E-state index in [2.05, 4.69) is 24.3 Å². The molecule has 1 aromatic heterocycles. The van der Waals surface area contributed by atoms with Crippen molar-refractivity contribution < 1.29 is 9.15 Å². The molecule has 148 valence electrons. The van der Waals surface area contributed by atoms with Crippen molar-refractivity contribution in [1.29, 1.82) is 0 Å². The van der Waals surface area contributed by atoms with Crippen LogP contribution in [-0.4, -0.2) is 0 Å². The van der Waals surface area contributed by atoms with Crippen LogP contribution in [0.1, 0.15) is 5.56 Å². The van der Waals surface area contributed by atoms with Crippen molar-refractivity contribution in [3.8, 4) is 5.75 Å². The molecule has 0 radical (unpaired) electrons. The summed E-state index contributed by atoms with van der Waals surface area (Å²) in [5.74, 6) is 0.543. The molecule has 0 amide bonds. The van der Waals surface area contributed by atoms with Gasteiger partial charge < -0.3 is 9.15 Å². The fourth-order valence-corrected chi connectivity index (χ4v) is 4.38. The third-order valence-corrected chi connectivity index (χ3v) is 5.80. The van der Waals surface area contributed by atoms with Crippen LogP contribution >= 0.6 is 0 Å². The number of hydrogen-bond acceptors (Lipinski definition) is 3. The van der Waals surface area contributed by atoms with Crippen LogP contribution < -0.4 is 10.4 Å². The molecule has 6 aromatic rings. The van der Waals surface area contributed by atoms with E-state index in [4.69, 9.17) is 9.15 Å². The number of benzene rings is 5. The minimum Gasteiger partial charge on any atom is -0.488 e. The number of hydrogen-bond donors (Lipinski definition) is 0. The lowest BCUT2D eigenvalue weighted by atomic mass is 9.96. The van der Waals surface area contributed by atoms with E-state index in [0.29, 0.717) is 23.3 Å².